The van der Waals surface area contributed by atoms with Crippen molar-refractivity contribution >= 4 is 12.4 Å². The largest absolute Gasteiger partial charge is 0.446 e. The van der Waals surface area contributed by atoms with E-state index >= 15 is 0 Å². The van der Waals surface area contributed by atoms with Crippen molar-refractivity contribution in [3.8, 4) is 0 Å². The predicted molar refractivity (Wildman–Crippen MR) is 74.1 cm³/mol. The first-order valence-corrected chi connectivity index (χ1v) is 6.78. The number of hydrogen-bond acceptors (Lipinski definition) is 4. The lowest BCUT2D eigenvalue weighted by Gasteiger charge is -2.26. The van der Waals surface area contributed by atoms with Crippen molar-refractivity contribution in [3.05, 3.63) is 0 Å². The SMILES string of the molecule is CNC(=O)O[C@@H](C)[C@@H](C)CCOC(C)(C)CCC=O. The number of alkyl carbamates (subject to hydrolysis) is 1. The summed E-state index contributed by atoms with van der Waals surface area (Å²) >= 11 is 0. The van der Waals surface area contributed by atoms with Gasteiger partial charge >= 0.3 is 6.09 Å². The van der Waals surface area contributed by atoms with Gasteiger partial charge in [0.15, 0.2) is 0 Å². The summed E-state index contributed by atoms with van der Waals surface area (Å²) in [5.74, 6) is 0.221. The fourth-order valence-corrected chi connectivity index (χ4v) is 1.58. The van der Waals surface area contributed by atoms with E-state index in [0.29, 0.717) is 13.0 Å². The van der Waals surface area contributed by atoms with Crippen LogP contribution in [-0.4, -0.2) is 37.7 Å². The quantitative estimate of drug-likeness (QED) is 0.656. The summed E-state index contributed by atoms with van der Waals surface area (Å²) < 4.78 is 10.9. The third-order valence-corrected chi connectivity index (χ3v) is 3.23. The molecule has 0 aromatic carbocycles. The van der Waals surface area contributed by atoms with Crippen LogP contribution in [0.25, 0.3) is 0 Å². The van der Waals surface area contributed by atoms with E-state index in [9.17, 15) is 9.59 Å². The zero-order chi connectivity index (χ0) is 14.9. The molecule has 5 heteroatoms. The van der Waals surface area contributed by atoms with Crippen molar-refractivity contribution in [2.75, 3.05) is 13.7 Å². The summed E-state index contributed by atoms with van der Waals surface area (Å²) in [7, 11) is 1.54. The van der Waals surface area contributed by atoms with Crippen molar-refractivity contribution in [2.45, 2.75) is 58.7 Å². The summed E-state index contributed by atoms with van der Waals surface area (Å²) in [5.41, 5.74) is -0.286. The van der Waals surface area contributed by atoms with Gasteiger partial charge in [-0.3, -0.25) is 0 Å². The summed E-state index contributed by atoms with van der Waals surface area (Å²) in [6.07, 6.45) is 2.39. The van der Waals surface area contributed by atoms with Gasteiger partial charge in [0.05, 0.1) is 5.60 Å². The summed E-state index contributed by atoms with van der Waals surface area (Å²) in [6.45, 7) is 8.44. The third kappa shape index (κ3) is 8.59. The lowest BCUT2D eigenvalue weighted by Crippen LogP contribution is -2.30. The molecule has 0 spiro atoms. The second-order valence-electron chi connectivity index (χ2n) is 5.44. The highest BCUT2D eigenvalue weighted by molar-refractivity contribution is 5.66. The van der Waals surface area contributed by atoms with Crippen molar-refractivity contribution in [3.63, 3.8) is 0 Å². The van der Waals surface area contributed by atoms with Gasteiger partial charge in [0.1, 0.15) is 12.4 Å². The Bertz CT molecular complexity index is 279. The highest BCUT2D eigenvalue weighted by Crippen LogP contribution is 2.18. The molecule has 0 aromatic rings. The Morgan fingerprint density at radius 2 is 2.00 bits per heavy atom. The van der Waals surface area contributed by atoms with Crippen LogP contribution in [0.5, 0.6) is 0 Å². The Kier molecular flexibility index (Phi) is 8.39. The summed E-state index contributed by atoms with van der Waals surface area (Å²) in [5, 5.41) is 2.43. The van der Waals surface area contributed by atoms with Gasteiger partial charge in [-0.2, -0.15) is 0 Å². The van der Waals surface area contributed by atoms with Gasteiger partial charge < -0.3 is 19.6 Å². The first-order valence-electron chi connectivity index (χ1n) is 6.78. The smallest absolute Gasteiger partial charge is 0.407 e. The molecule has 0 aliphatic carbocycles. The molecule has 0 heterocycles. The van der Waals surface area contributed by atoms with Crippen LogP contribution in [0.1, 0.15) is 47.0 Å². The highest BCUT2D eigenvalue weighted by atomic mass is 16.6. The van der Waals surface area contributed by atoms with Gasteiger partial charge in [-0.1, -0.05) is 6.92 Å². The van der Waals surface area contributed by atoms with Gasteiger partial charge in [0.2, 0.25) is 0 Å². The molecular weight excluding hydrogens is 246 g/mol. The van der Waals surface area contributed by atoms with Crippen LogP contribution in [0.4, 0.5) is 4.79 Å². The lowest BCUT2D eigenvalue weighted by atomic mass is 10.0. The standard InChI is InChI=1S/C14H27NO4/c1-11(12(2)19-13(17)15-5)7-10-18-14(3,4)8-6-9-16/h9,11-12H,6-8,10H2,1-5H3,(H,15,17)/t11-,12-/m0/s1. The van der Waals surface area contributed by atoms with Gasteiger partial charge in [-0.15, -0.1) is 0 Å². The number of carbonyl (C=O) groups excluding carboxylic acids is 2. The first kappa shape index (κ1) is 17.9. The van der Waals surface area contributed by atoms with Crippen LogP contribution >= 0.6 is 0 Å². The van der Waals surface area contributed by atoms with E-state index in [-0.39, 0.29) is 17.6 Å². The van der Waals surface area contributed by atoms with E-state index in [1.54, 1.807) is 7.05 Å². The summed E-state index contributed by atoms with van der Waals surface area (Å²) in [6, 6.07) is 0. The van der Waals surface area contributed by atoms with E-state index in [1.165, 1.54) is 0 Å². The first-order chi connectivity index (χ1) is 8.82. The van der Waals surface area contributed by atoms with Crippen LogP contribution < -0.4 is 5.32 Å². The van der Waals surface area contributed by atoms with E-state index in [1.807, 2.05) is 27.7 Å². The number of carbonyl (C=O) groups is 2. The molecule has 0 radical (unpaired) electrons. The molecule has 0 aliphatic heterocycles. The van der Waals surface area contributed by atoms with Crippen LogP contribution in [-0.2, 0) is 14.3 Å². The van der Waals surface area contributed by atoms with Gasteiger partial charge in [-0.25, -0.2) is 4.79 Å². The van der Waals surface area contributed by atoms with E-state index in [4.69, 9.17) is 9.47 Å². The lowest BCUT2D eigenvalue weighted by molar-refractivity contribution is -0.109. The number of ether oxygens (including phenoxy) is 2. The molecule has 0 bridgehead atoms. The average Bonchev–Trinajstić information content (AvgIpc) is 2.35. The molecule has 2 atom stereocenters. The molecule has 19 heavy (non-hydrogen) atoms. The molecule has 5 nitrogen and oxygen atoms in total. The maximum absolute atomic E-state index is 11.1. The zero-order valence-electron chi connectivity index (χ0n) is 12.7. The summed E-state index contributed by atoms with van der Waals surface area (Å²) in [4.78, 5) is 21.4. The Balaban J connectivity index is 3.92. The van der Waals surface area contributed by atoms with Crippen molar-refractivity contribution in [1.29, 1.82) is 0 Å². The minimum absolute atomic E-state index is 0.151. The topological polar surface area (TPSA) is 64.6 Å². The van der Waals surface area contributed by atoms with Gasteiger partial charge in [0.25, 0.3) is 0 Å². The maximum atomic E-state index is 11.1. The molecule has 112 valence electrons. The van der Waals surface area contributed by atoms with Gasteiger partial charge in [0, 0.05) is 20.1 Å². The van der Waals surface area contributed by atoms with E-state index in [0.717, 1.165) is 19.1 Å². The average molecular weight is 273 g/mol. The molecule has 1 N–H and O–H groups in total. The second-order valence-corrected chi connectivity index (χ2v) is 5.44. The normalized spacial score (nSPS) is 14.6. The second kappa shape index (κ2) is 8.91. The molecule has 0 saturated carbocycles. The maximum Gasteiger partial charge on any atom is 0.407 e. The van der Waals surface area contributed by atoms with Crippen molar-refractivity contribution in [1.82, 2.24) is 5.32 Å². The number of amides is 1. The fourth-order valence-electron chi connectivity index (χ4n) is 1.58. The van der Waals surface area contributed by atoms with Crippen molar-refractivity contribution in [2.24, 2.45) is 5.92 Å². The minimum Gasteiger partial charge on any atom is -0.446 e. The molecule has 0 unspecified atom stereocenters. The van der Waals surface area contributed by atoms with Crippen LogP contribution in [0.15, 0.2) is 0 Å². The Morgan fingerprint density at radius 3 is 2.53 bits per heavy atom. The molecule has 0 rings (SSSR count). The third-order valence-electron chi connectivity index (χ3n) is 3.23. The Labute approximate surface area is 116 Å². The van der Waals surface area contributed by atoms with E-state index in [2.05, 4.69) is 5.32 Å². The molecule has 0 aromatic heterocycles. The molecule has 0 fully saturated rings. The van der Waals surface area contributed by atoms with E-state index < -0.39 is 6.09 Å². The number of hydrogen-bond donors (Lipinski definition) is 1. The minimum atomic E-state index is -0.411. The predicted octanol–water partition coefficient (Wildman–Crippen LogP) is 2.53. The number of nitrogens with one attached hydrogen (secondary N) is 1. The Morgan fingerprint density at radius 1 is 1.37 bits per heavy atom. The molecular formula is C14H27NO4. The molecule has 1 amide bonds. The van der Waals surface area contributed by atoms with Crippen LogP contribution in [0.3, 0.4) is 0 Å². The number of aldehydes is 1. The monoisotopic (exact) mass is 273 g/mol. The molecule has 0 aliphatic rings. The van der Waals surface area contributed by atoms with Gasteiger partial charge in [-0.05, 0) is 39.5 Å². The highest BCUT2D eigenvalue weighted by Gasteiger charge is 2.20. The van der Waals surface area contributed by atoms with Crippen molar-refractivity contribution < 1.29 is 19.1 Å². The molecule has 0 saturated heterocycles. The zero-order valence-corrected chi connectivity index (χ0v) is 12.7. The van der Waals surface area contributed by atoms with Crippen LogP contribution in [0.2, 0.25) is 0 Å². The number of rotatable bonds is 9. The Hall–Kier alpha value is -1.10. The van der Waals surface area contributed by atoms with Crippen LogP contribution in [0, 0.1) is 5.92 Å². The fraction of sp³-hybridized carbons (Fsp3) is 0.857.